The second-order valence-corrected chi connectivity index (χ2v) is 7.92. The monoisotopic (exact) mass is 339 g/mol. The van der Waals surface area contributed by atoms with Crippen LogP contribution in [0.25, 0.3) is 0 Å². The third-order valence-electron chi connectivity index (χ3n) is 5.92. The van der Waals surface area contributed by atoms with Gasteiger partial charge < -0.3 is 9.80 Å². The molecule has 1 aromatic heterocycles. The Morgan fingerprint density at radius 1 is 1.12 bits per heavy atom. The van der Waals surface area contributed by atoms with Crippen molar-refractivity contribution < 1.29 is 4.79 Å². The topological polar surface area (TPSA) is 65.1 Å². The number of carbonyl (C=O) groups is 1. The molecule has 2 aliphatic rings. The molecule has 0 bridgehead atoms. The fourth-order valence-corrected chi connectivity index (χ4v) is 4.18. The lowest BCUT2D eigenvalue weighted by Gasteiger charge is -2.37. The Hall–Kier alpha value is -2.37. The number of aryl methyl sites for hydroxylation is 1. The van der Waals surface area contributed by atoms with E-state index in [-0.39, 0.29) is 16.7 Å². The molecule has 2 aromatic rings. The van der Waals surface area contributed by atoms with Gasteiger partial charge in [0, 0.05) is 26.2 Å². The van der Waals surface area contributed by atoms with Gasteiger partial charge >= 0.3 is 0 Å². The van der Waals surface area contributed by atoms with Crippen molar-refractivity contribution in [2.75, 3.05) is 31.1 Å². The van der Waals surface area contributed by atoms with Crippen molar-refractivity contribution in [2.24, 2.45) is 5.41 Å². The highest BCUT2D eigenvalue weighted by atomic mass is 16.2. The summed E-state index contributed by atoms with van der Waals surface area (Å²) in [6.45, 7) is 9.51. The zero-order valence-corrected chi connectivity index (χ0v) is 15.1. The fourth-order valence-electron chi connectivity index (χ4n) is 4.18. The maximum absolute atomic E-state index is 13.4. The first-order valence-electron chi connectivity index (χ1n) is 8.91. The van der Waals surface area contributed by atoms with Gasteiger partial charge in [0.05, 0.1) is 5.41 Å². The Kier molecular flexibility index (Phi) is 3.60. The summed E-state index contributed by atoms with van der Waals surface area (Å²) in [6.07, 6.45) is 2.44. The number of carbonyl (C=O) groups excluding carboxylic acids is 1. The smallest absolute Gasteiger partial charge is 0.233 e. The van der Waals surface area contributed by atoms with Crippen molar-refractivity contribution in [1.29, 1.82) is 0 Å². The van der Waals surface area contributed by atoms with Gasteiger partial charge in [0.15, 0.2) is 0 Å². The first kappa shape index (κ1) is 16.1. The molecule has 132 valence electrons. The highest BCUT2D eigenvalue weighted by Gasteiger charge is 2.68. The van der Waals surface area contributed by atoms with Crippen LogP contribution in [-0.4, -0.2) is 52.2 Å². The van der Waals surface area contributed by atoms with Crippen molar-refractivity contribution in [1.82, 2.24) is 20.1 Å². The van der Waals surface area contributed by atoms with Crippen LogP contribution in [0.2, 0.25) is 0 Å². The summed E-state index contributed by atoms with van der Waals surface area (Å²) in [7, 11) is 0. The van der Waals surface area contributed by atoms with Crippen LogP contribution < -0.4 is 4.90 Å². The van der Waals surface area contributed by atoms with Crippen LogP contribution in [0, 0.1) is 12.3 Å². The van der Waals surface area contributed by atoms with Crippen LogP contribution in [0.4, 0.5) is 5.95 Å². The fraction of sp³-hybridized carbons (Fsp3) is 0.526. The van der Waals surface area contributed by atoms with E-state index in [0.717, 1.165) is 44.1 Å². The zero-order chi connectivity index (χ0) is 17.7. The van der Waals surface area contributed by atoms with E-state index < -0.39 is 0 Å². The average Bonchev–Trinajstić information content (AvgIpc) is 2.98. The minimum atomic E-state index is -0.366. The third-order valence-corrected chi connectivity index (χ3v) is 5.92. The van der Waals surface area contributed by atoms with Gasteiger partial charge in [-0.2, -0.15) is 10.1 Å². The molecule has 1 aromatic carbocycles. The van der Waals surface area contributed by atoms with E-state index in [4.69, 9.17) is 0 Å². The third kappa shape index (κ3) is 2.51. The number of benzene rings is 1. The lowest BCUT2D eigenvalue weighted by molar-refractivity contribution is -0.135. The lowest BCUT2D eigenvalue weighted by atomic mass is 9.86. The number of amides is 1. The predicted octanol–water partition coefficient (Wildman–Crippen LogP) is 2.13. The minimum Gasteiger partial charge on any atom is -0.338 e. The summed E-state index contributed by atoms with van der Waals surface area (Å²) in [5.41, 5.74) is 2.03. The zero-order valence-electron chi connectivity index (χ0n) is 15.1. The van der Waals surface area contributed by atoms with Gasteiger partial charge in [-0.25, -0.2) is 5.10 Å². The maximum atomic E-state index is 13.4. The first-order valence-corrected chi connectivity index (χ1v) is 8.91. The largest absolute Gasteiger partial charge is 0.338 e. The Morgan fingerprint density at radius 2 is 1.76 bits per heavy atom. The van der Waals surface area contributed by atoms with Crippen molar-refractivity contribution in [3.63, 3.8) is 0 Å². The Morgan fingerprint density at radius 3 is 2.28 bits per heavy atom. The predicted molar refractivity (Wildman–Crippen MR) is 96.4 cm³/mol. The highest BCUT2D eigenvalue weighted by Crippen LogP contribution is 2.65. The lowest BCUT2D eigenvalue weighted by Crippen LogP contribution is -2.52. The molecule has 6 nitrogen and oxygen atoms in total. The van der Waals surface area contributed by atoms with Gasteiger partial charge in [-0.15, -0.1) is 0 Å². The number of hydrogen-bond donors (Lipinski definition) is 1. The van der Waals surface area contributed by atoms with Gasteiger partial charge in [-0.05, 0) is 24.3 Å². The number of anilines is 1. The van der Waals surface area contributed by atoms with Crippen molar-refractivity contribution in [3.05, 3.63) is 41.7 Å². The van der Waals surface area contributed by atoms with E-state index in [1.54, 1.807) is 0 Å². The molecule has 1 saturated carbocycles. The maximum Gasteiger partial charge on any atom is 0.233 e. The number of rotatable bonds is 3. The molecule has 2 fully saturated rings. The molecule has 25 heavy (non-hydrogen) atoms. The standard InChI is InChI=1S/C19H25N5O/c1-14-4-6-15(7-5-14)19(12-18(19,2)3)16(25)23-8-10-24(11-9-23)17-20-13-21-22-17/h4-7,13H,8-12H2,1-3H3,(H,20,21,22). The van der Waals surface area contributed by atoms with Crippen LogP contribution in [0.3, 0.4) is 0 Å². The molecule has 1 saturated heterocycles. The molecule has 1 aliphatic carbocycles. The van der Waals surface area contributed by atoms with Crippen molar-refractivity contribution in [2.45, 2.75) is 32.6 Å². The molecule has 2 heterocycles. The molecule has 6 heteroatoms. The second-order valence-electron chi connectivity index (χ2n) is 7.92. The van der Waals surface area contributed by atoms with Crippen LogP contribution in [0.1, 0.15) is 31.4 Å². The first-order chi connectivity index (χ1) is 11.9. The molecule has 0 spiro atoms. The Balaban J connectivity index is 1.52. The van der Waals surface area contributed by atoms with E-state index in [0.29, 0.717) is 0 Å². The minimum absolute atomic E-state index is 0.0153. The van der Waals surface area contributed by atoms with Crippen LogP contribution in [0.15, 0.2) is 30.6 Å². The SMILES string of the molecule is Cc1ccc(C2(C(=O)N3CCN(c4ncn[nH]4)CC3)CC2(C)C)cc1. The van der Waals surface area contributed by atoms with Crippen LogP contribution in [-0.2, 0) is 10.2 Å². The van der Waals surface area contributed by atoms with Gasteiger partial charge in [0.1, 0.15) is 6.33 Å². The normalized spacial score (nSPS) is 25.1. The Bertz CT molecular complexity index is 760. The van der Waals surface area contributed by atoms with E-state index in [2.05, 4.69) is 65.1 Å². The van der Waals surface area contributed by atoms with E-state index in [9.17, 15) is 4.79 Å². The molecule has 1 amide bonds. The van der Waals surface area contributed by atoms with Gasteiger partial charge in [-0.1, -0.05) is 43.7 Å². The summed E-state index contributed by atoms with van der Waals surface area (Å²) >= 11 is 0. The molecule has 1 atom stereocenters. The van der Waals surface area contributed by atoms with Gasteiger partial charge in [-0.3, -0.25) is 4.79 Å². The molecular weight excluding hydrogens is 314 g/mol. The molecule has 4 rings (SSSR count). The highest BCUT2D eigenvalue weighted by molar-refractivity contribution is 5.93. The number of hydrogen-bond acceptors (Lipinski definition) is 4. The number of aromatic amines is 1. The van der Waals surface area contributed by atoms with Crippen molar-refractivity contribution >= 4 is 11.9 Å². The van der Waals surface area contributed by atoms with E-state index in [1.807, 2.05) is 4.90 Å². The molecular formula is C19H25N5O. The molecule has 1 aliphatic heterocycles. The van der Waals surface area contributed by atoms with E-state index in [1.165, 1.54) is 11.9 Å². The van der Waals surface area contributed by atoms with Gasteiger partial charge in [0.2, 0.25) is 11.9 Å². The van der Waals surface area contributed by atoms with Crippen molar-refractivity contribution in [3.8, 4) is 0 Å². The number of nitrogens with zero attached hydrogens (tertiary/aromatic N) is 4. The Labute approximate surface area is 148 Å². The summed E-state index contributed by atoms with van der Waals surface area (Å²) < 4.78 is 0. The number of nitrogens with one attached hydrogen (secondary N) is 1. The summed E-state index contributed by atoms with van der Waals surface area (Å²) in [4.78, 5) is 21.8. The summed E-state index contributed by atoms with van der Waals surface area (Å²) in [5.74, 6) is 1.06. The van der Waals surface area contributed by atoms with Crippen LogP contribution in [0.5, 0.6) is 0 Å². The molecule has 0 radical (unpaired) electrons. The molecule has 1 unspecified atom stereocenters. The number of piperazine rings is 1. The molecule has 1 N–H and O–H groups in total. The average molecular weight is 339 g/mol. The van der Waals surface area contributed by atoms with Gasteiger partial charge in [0.25, 0.3) is 0 Å². The quantitative estimate of drug-likeness (QED) is 0.930. The van der Waals surface area contributed by atoms with Crippen LogP contribution >= 0.6 is 0 Å². The number of aromatic nitrogens is 3. The summed E-state index contributed by atoms with van der Waals surface area (Å²) in [5, 5.41) is 6.81. The summed E-state index contributed by atoms with van der Waals surface area (Å²) in [6, 6.07) is 8.49. The number of H-pyrrole nitrogens is 1. The van der Waals surface area contributed by atoms with E-state index >= 15 is 0 Å². The second kappa shape index (κ2) is 5.58.